The Bertz CT molecular complexity index is 332. The molecule has 0 radical (unpaired) electrons. The number of anilines is 1. The largest absolute Gasteiger partial charge is 0.377 e. The Labute approximate surface area is 91.9 Å². The Balaban J connectivity index is 0.000000921. The van der Waals surface area contributed by atoms with Crippen LogP contribution in [0.5, 0.6) is 0 Å². The van der Waals surface area contributed by atoms with Crippen molar-refractivity contribution in [2.24, 2.45) is 5.73 Å². The van der Waals surface area contributed by atoms with Gasteiger partial charge in [-0.3, -0.25) is 4.79 Å². The van der Waals surface area contributed by atoms with Crippen molar-refractivity contribution in [3.63, 3.8) is 0 Å². The summed E-state index contributed by atoms with van der Waals surface area (Å²) in [4.78, 5) is 12.8. The molecule has 0 aliphatic heterocycles. The molecule has 1 rings (SSSR count). The SMILES string of the molecule is CC.Cc1cc(C(N)=O)ccc1N(C)C. The van der Waals surface area contributed by atoms with Crippen LogP contribution in [0.1, 0.15) is 29.8 Å². The van der Waals surface area contributed by atoms with E-state index in [1.54, 1.807) is 12.1 Å². The van der Waals surface area contributed by atoms with Crippen LogP contribution in [0, 0.1) is 6.92 Å². The third-order valence-electron chi connectivity index (χ3n) is 1.96. The molecule has 0 aliphatic rings. The second kappa shape index (κ2) is 6.06. The summed E-state index contributed by atoms with van der Waals surface area (Å²) in [6.07, 6.45) is 0. The smallest absolute Gasteiger partial charge is 0.248 e. The molecule has 3 heteroatoms. The Morgan fingerprint density at radius 1 is 1.27 bits per heavy atom. The van der Waals surface area contributed by atoms with Gasteiger partial charge < -0.3 is 10.6 Å². The fourth-order valence-electron chi connectivity index (χ4n) is 1.31. The highest BCUT2D eigenvalue weighted by atomic mass is 16.1. The van der Waals surface area contributed by atoms with Crippen molar-refractivity contribution in [2.45, 2.75) is 20.8 Å². The van der Waals surface area contributed by atoms with Gasteiger partial charge in [-0.2, -0.15) is 0 Å². The van der Waals surface area contributed by atoms with Crippen LogP contribution in [0.25, 0.3) is 0 Å². The fourth-order valence-corrected chi connectivity index (χ4v) is 1.31. The monoisotopic (exact) mass is 208 g/mol. The highest BCUT2D eigenvalue weighted by Gasteiger charge is 2.04. The zero-order valence-corrected chi connectivity index (χ0v) is 10.2. The number of hydrogen-bond acceptors (Lipinski definition) is 2. The van der Waals surface area contributed by atoms with Crippen LogP contribution in [0.4, 0.5) is 5.69 Å². The van der Waals surface area contributed by atoms with Gasteiger partial charge in [0, 0.05) is 25.3 Å². The molecule has 0 fully saturated rings. The Kier molecular flexibility index (Phi) is 5.45. The van der Waals surface area contributed by atoms with Gasteiger partial charge in [0.15, 0.2) is 0 Å². The summed E-state index contributed by atoms with van der Waals surface area (Å²) in [5.41, 5.74) is 7.87. The van der Waals surface area contributed by atoms with Crippen molar-refractivity contribution in [1.82, 2.24) is 0 Å². The van der Waals surface area contributed by atoms with Gasteiger partial charge in [0.25, 0.3) is 0 Å². The maximum atomic E-state index is 10.8. The van der Waals surface area contributed by atoms with Crippen LogP contribution >= 0.6 is 0 Å². The molecule has 0 heterocycles. The van der Waals surface area contributed by atoms with Crippen molar-refractivity contribution < 1.29 is 4.79 Å². The number of aryl methyl sites for hydroxylation is 1. The zero-order valence-electron chi connectivity index (χ0n) is 10.2. The molecule has 1 amide bonds. The summed E-state index contributed by atoms with van der Waals surface area (Å²) in [6.45, 7) is 5.96. The maximum absolute atomic E-state index is 10.8. The van der Waals surface area contributed by atoms with Crippen molar-refractivity contribution in [3.05, 3.63) is 29.3 Å². The van der Waals surface area contributed by atoms with Crippen LogP contribution in [0.15, 0.2) is 18.2 Å². The molecule has 3 nitrogen and oxygen atoms in total. The number of nitrogens with zero attached hydrogens (tertiary/aromatic N) is 1. The molecule has 1 aromatic rings. The standard InChI is InChI=1S/C10H14N2O.C2H6/c1-7-6-8(10(11)13)4-5-9(7)12(2)3;1-2/h4-6H,1-3H3,(H2,11,13);1-2H3. The first kappa shape index (κ1) is 13.5. The van der Waals surface area contributed by atoms with Crippen LogP contribution in [0.2, 0.25) is 0 Å². The van der Waals surface area contributed by atoms with E-state index in [0.29, 0.717) is 5.56 Å². The molecule has 0 aliphatic carbocycles. The van der Waals surface area contributed by atoms with E-state index < -0.39 is 0 Å². The maximum Gasteiger partial charge on any atom is 0.248 e. The van der Waals surface area contributed by atoms with Gasteiger partial charge in [0.2, 0.25) is 5.91 Å². The summed E-state index contributed by atoms with van der Waals surface area (Å²) in [6, 6.07) is 5.44. The second-order valence-electron chi connectivity index (χ2n) is 3.26. The van der Waals surface area contributed by atoms with Crippen molar-refractivity contribution in [3.8, 4) is 0 Å². The van der Waals surface area contributed by atoms with Gasteiger partial charge in [-0.25, -0.2) is 0 Å². The van der Waals surface area contributed by atoms with E-state index in [-0.39, 0.29) is 5.91 Å². The first-order valence-corrected chi connectivity index (χ1v) is 5.10. The topological polar surface area (TPSA) is 46.3 Å². The van der Waals surface area contributed by atoms with E-state index in [1.807, 2.05) is 45.8 Å². The number of benzene rings is 1. The molecule has 1 aromatic carbocycles. The summed E-state index contributed by atoms with van der Waals surface area (Å²) in [5, 5.41) is 0. The lowest BCUT2D eigenvalue weighted by molar-refractivity contribution is 0.1000. The molecule has 0 spiro atoms. The van der Waals surface area contributed by atoms with Gasteiger partial charge in [-0.1, -0.05) is 13.8 Å². The van der Waals surface area contributed by atoms with Crippen LogP contribution in [-0.4, -0.2) is 20.0 Å². The first-order chi connectivity index (χ1) is 7.02. The van der Waals surface area contributed by atoms with Gasteiger partial charge in [-0.05, 0) is 30.7 Å². The van der Waals surface area contributed by atoms with Gasteiger partial charge in [0.05, 0.1) is 0 Å². The van der Waals surface area contributed by atoms with E-state index in [1.165, 1.54) is 0 Å². The van der Waals surface area contributed by atoms with Crippen LogP contribution in [-0.2, 0) is 0 Å². The Hall–Kier alpha value is -1.51. The summed E-state index contributed by atoms with van der Waals surface area (Å²) >= 11 is 0. The average molecular weight is 208 g/mol. The Morgan fingerprint density at radius 2 is 1.80 bits per heavy atom. The molecule has 84 valence electrons. The molecular formula is C12H20N2O. The predicted octanol–water partition coefficient (Wildman–Crippen LogP) is 2.19. The quantitative estimate of drug-likeness (QED) is 0.809. The van der Waals surface area contributed by atoms with E-state index in [4.69, 9.17) is 5.73 Å². The molecule has 0 bridgehead atoms. The number of amides is 1. The van der Waals surface area contributed by atoms with Gasteiger partial charge >= 0.3 is 0 Å². The van der Waals surface area contributed by atoms with Crippen LogP contribution in [0.3, 0.4) is 0 Å². The minimum atomic E-state index is -0.381. The number of rotatable bonds is 2. The van der Waals surface area contributed by atoms with Crippen molar-refractivity contribution >= 4 is 11.6 Å². The lowest BCUT2D eigenvalue weighted by atomic mass is 10.1. The number of hydrogen-bond donors (Lipinski definition) is 1. The third kappa shape index (κ3) is 3.62. The predicted molar refractivity (Wildman–Crippen MR) is 65.4 cm³/mol. The molecular weight excluding hydrogens is 188 g/mol. The van der Waals surface area contributed by atoms with Gasteiger partial charge in [-0.15, -0.1) is 0 Å². The molecule has 0 saturated heterocycles. The fraction of sp³-hybridized carbons (Fsp3) is 0.417. The minimum absolute atomic E-state index is 0.381. The lowest BCUT2D eigenvalue weighted by Gasteiger charge is -2.15. The van der Waals surface area contributed by atoms with Crippen LogP contribution < -0.4 is 10.6 Å². The van der Waals surface area contributed by atoms with Gasteiger partial charge in [0.1, 0.15) is 0 Å². The highest BCUT2D eigenvalue weighted by molar-refractivity contribution is 5.93. The number of nitrogens with two attached hydrogens (primary N) is 1. The molecule has 0 aromatic heterocycles. The second-order valence-corrected chi connectivity index (χ2v) is 3.26. The summed E-state index contributed by atoms with van der Waals surface area (Å²) < 4.78 is 0. The average Bonchev–Trinajstić information content (AvgIpc) is 2.20. The number of carbonyl (C=O) groups excluding carboxylic acids is 1. The minimum Gasteiger partial charge on any atom is -0.377 e. The first-order valence-electron chi connectivity index (χ1n) is 5.10. The molecule has 0 atom stereocenters. The Morgan fingerprint density at radius 3 is 2.13 bits per heavy atom. The third-order valence-corrected chi connectivity index (χ3v) is 1.96. The normalized spacial score (nSPS) is 8.87. The number of primary amides is 1. The number of carbonyl (C=O) groups is 1. The highest BCUT2D eigenvalue weighted by Crippen LogP contribution is 2.18. The van der Waals surface area contributed by atoms with Crippen molar-refractivity contribution in [1.29, 1.82) is 0 Å². The summed E-state index contributed by atoms with van der Waals surface area (Å²) in [7, 11) is 3.93. The van der Waals surface area contributed by atoms with E-state index in [9.17, 15) is 4.79 Å². The zero-order chi connectivity index (χ0) is 12.0. The molecule has 15 heavy (non-hydrogen) atoms. The lowest BCUT2D eigenvalue weighted by Crippen LogP contribution is -2.14. The molecule has 2 N–H and O–H groups in total. The summed E-state index contributed by atoms with van der Waals surface area (Å²) in [5.74, 6) is -0.381. The molecule has 0 unspecified atom stereocenters. The van der Waals surface area contributed by atoms with Crippen molar-refractivity contribution in [2.75, 3.05) is 19.0 Å². The van der Waals surface area contributed by atoms with E-state index in [2.05, 4.69) is 0 Å². The van der Waals surface area contributed by atoms with E-state index >= 15 is 0 Å². The molecule has 0 saturated carbocycles. The van der Waals surface area contributed by atoms with E-state index in [0.717, 1.165) is 11.3 Å².